The number of rotatable bonds is 3. The van der Waals surface area contributed by atoms with E-state index in [4.69, 9.17) is 4.74 Å². The number of amides is 1. The summed E-state index contributed by atoms with van der Waals surface area (Å²) in [6.45, 7) is 7.50. The third-order valence-electron chi connectivity index (χ3n) is 5.71. The molecule has 2 aliphatic heterocycles. The molecule has 1 amide bonds. The fourth-order valence-electron chi connectivity index (χ4n) is 4.33. The molecule has 0 radical (unpaired) electrons. The van der Waals surface area contributed by atoms with E-state index in [0.29, 0.717) is 17.7 Å². The average molecular weight is 409 g/mol. The number of carbonyl (C=O) groups excluding carboxylic acids is 1. The van der Waals surface area contributed by atoms with Gasteiger partial charge in [-0.1, -0.05) is 24.1 Å². The molecular weight excluding hydrogens is 376 g/mol. The van der Waals surface area contributed by atoms with E-state index in [9.17, 15) is 13.2 Å². The zero-order valence-electron chi connectivity index (χ0n) is 17.5. The molecule has 6 nitrogen and oxygen atoms in total. The van der Waals surface area contributed by atoms with Gasteiger partial charge in [-0.05, 0) is 65.5 Å². The Morgan fingerprint density at radius 1 is 1.11 bits per heavy atom. The van der Waals surface area contributed by atoms with Crippen molar-refractivity contribution in [2.75, 3.05) is 7.05 Å². The number of benzene rings is 1. The third kappa shape index (κ3) is 4.35. The van der Waals surface area contributed by atoms with Crippen molar-refractivity contribution in [3.8, 4) is 0 Å². The summed E-state index contributed by atoms with van der Waals surface area (Å²) in [6.07, 6.45) is 3.65. The van der Waals surface area contributed by atoms with Crippen LogP contribution in [0.5, 0.6) is 0 Å². The van der Waals surface area contributed by atoms with Gasteiger partial charge in [0, 0.05) is 25.2 Å². The molecule has 0 aliphatic carbocycles. The van der Waals surface area contributed by atoms with E-state index >= 15 is 0 Å². The Labute approximate surface area is 168 Å². The lowest BCUT2D eigenvalue weighted by Crippen LogP contribution is -2.59. The van der Waals surface area contributed by atoms with Crippen LogP contribution in [-0.2, 0) is 14.8 Å². The van der Waals surface area contributed by atoms with Crippen LogP contribution in [0.1, 0.15) is 58.4 Å². The van der Waals surface area contributed by atoms with Crippen LogP contribution in [0.25, 0.3) is 0 Å². The minimum absolute atomic E-state index is 0.00498. The fraction of sp³-hybridized carbons (Fsp3) is 0.667. The van der Waals surface area contributed by atoms with Gasteiger partial charge in [0.1, 0.15) is 5.60 Å². The maximum Gasteiger partial charge on any atom is 0.410 e. The lowest BCUT2D eigenvalue weighted by atomic mass is 9.83. The molecular formula is C21H32N2O4S. The number of fused-ring (bicyclic) bond motifs is 2. The van der Waals surface area contributed by atoms with Gasteiger partial charge in [-0.15, -0.1) is 0 Å². The molecule has 1 aromatic rings. The molecule has 0 N–H and O–H groups in total. The SMILES string of the molecule is Cc1ccc(S(=O)(=O)N2C3CCCC2CC(N(C)C(=O)OC(C)(C)C)C3)cc1. The standard InChI is InChI=1S/C21H32N2O4S/c1-15-9-11-19(12-10-15)28(25,26)23-16-7-6-8-17(23)14-18(13-16)22(5)20(24)27-21(2,3)4/h9-12,16-18H,6-8,13-14H2,1-5H3. The highest BCUT2D eigenvalue weighted by atomic mass is 32.2. The van der Waals surface area contributed by atoms with Gasteiger partial charge >= 0.3 is 6.09 Å². The van der Waals surface area contributed by atoms with Crippen molar-refractivity contribution >= 4 is 16.1 Å². The minimum atomic E-state index is -3.54. The van der Waals surface area contributed by atoms with Crippen LogP contribution in [-0.4, -0.2) is 54.5 Å². The molecule has 0 saturated carbocycles. The summed E-state index contributed by atoms with van der Waals surface area (Å²) in [7, 11) is -1.78. The van der Waals surface area contributed by atoms with Gasteiger partial charge in [0.15, 0.2) is 0 Å². The molecule has 1 aromatic carbocycles. The second-order valence-electron chi connectivity index (χ2n) is 9.10. The first-order chi connectivity index (χ1) is 13.0. The first-order valence-corrected chi connectivity index (χ1v) is 11.5. The Morgan fingerprint density at radius 3 is 2.14 bits per heavy atom. The van der Waals surface area contributed by atoms with Gasteiger partial charge in [0.25, 0.3) is 0 Å². The van der Waals surface area contributed by atoms with Crippen molar-refractivity contribution in [2.45, 2.75) is 88.4 Å². The fourth-order valence-corrected chi connectivity index (χ4v) is 6.22. The highest BCUT2D eigenvalue weighted by molar-refractivity contribution is 7.89. The molecule has 0 spiro atoms. The Bertz CT molecular complexity index is 800. The lowest BCUT2D eigenvalue weighted by molar-refractivity contribution is 0.00409. The van der Waals surface area contributed by atoms with Crippen LogP contribution < -0.4 is 0 Å². The van der Waals surface area contributed by atoms with Crippen LogP contribution in [0.3, 0.4) is 0 Å². The number of nitrogens with zero attached hydrogens (tertiary/aromatic N) is 2. The first-order valence-electron chi connectivity index (χ1n) is 10.0. The van der Waals surface area contributed by atoms with Crippen molar-refractivity contribution in [3.63, 3.8) is 0 Å². The number of sulfonamides is 1. The van der Waals surface area contributed by atoms with Crippen molar-refractivity contribution in [1.82, 2.24) is 9.21 Å². The van der Waals surface area contributed by atoms with Gasteiger partial charge in [-0.2, -0.15) is 4.31 Å². The third-order valence-corrected chi connectivity index (χ3v) is 7.73. The topological polar surface area (TPSA) is 66.9 Å². The van der Waals surface area contributed by atoms with E-state index in [0.717, 1.165) is 24.8 Å². The summed E-state index contributed by atoms with van der Waals surface area (Å²) < 4.78 is 33.9. The summed E-state index contributed by atoms with van der Waals surface area (Å²) in [5, 5.41) is 0. The quantitative estimate of drug-likeness (QED) is 0.760. The molecule has 3 rings (SSSR count). The molecule has 2 atom stereocenters. The van der Waals surface area contributed by atoms with Crippen molar-refractivity contribution in [3.05, 3.63) is 29.8 Å². The molecule has 2 saturated heterocycles. The number of aryl methyl sites for hydroxylation is 1. The molecule has 7 heteroatoms. The molecule has 2 aliphatic rings. The molecule has 2 heterocycles. The molecule has 2 unspecified atom stereocenters. The number of hydrogen-bond acceptors (Lipinski definition) is 4. The van der Waals surface area contributed by atoms with E-state index in [1.54, 1.807) is 28.4 Å². The zero-order chi connectivity index (χ0) is 20.7. The predicted octanol–water partition coefficient (Wildman–Crippen LogP) is 3.94. The van der Waals surface area contributed by atoms with Gasteiger partial charge in [-0.3, -0.25) is 0 Å². The van der Waals surface area contributed by atoms with Crippen molar-refractivity contribution in [2.24, 2.45) is 0 Å². The number of hydrogen-bond donors (Lipinski definition) is 0. The summed E-state index contributed by atoms with van der Waals surface area (Å²) in [5.41, 5.74) is 0.494. The number of ether oxygens (including phenoxy) is 1. The number of carbonyl (C=O) groups is 1. The smallest absolute Gasteiger partial charge is 0.410 e. The highest BCUT2D eigenvalue weighted by Gasteiger charge is 2.46. The summed E-state index contributed by atoms with van der Waals surface area (Å²) in [6, 6.07) is 6.91. The van der Waals surface area contributed by atoms with E-state index in [-0.39, 0.29) is 24.2 Å². The second kappa shape index (κ2) is 7.67. The van der Waals surface area contributed by atoms with Crippen molar-refractivity contribution in [1.29, 1.82) is 0 Å². The highest BCUT2D eigenvalue weighted by Crippen LogP contribution is 2.39. The Hall–Kier alpha value is -1.60. The molecule has 2 bridgehead atoms. The molecule has 0 aromatic heterocycles. The minimum Gasteiger partial charge on any atom is -0.444 e. The van der Waals surface area contributed by atoms with Gasteiger partial charge in [0.05, 0.1) is 4.90 Å². The van der Waals surface area contributed by atoms with Crippen molar-refractivity contribution < 1.29 is 17.9 Å². The van der Waals surface area contributed by atoms with Crippen LogP contribution in [0, 0.1) is 6.92 Å². The summed E-state index contributed by atoms with van der Waals surface area (Å²) in [5.74, 6) is 0. The molecule has 156 valence electrons. The van der Waals surface area contributed by atoms with E-state index in [2.05, 4.69) is 0 Å². The summed E-state index contributed by atoms with van der Waals surface area (Å²) in [4.78, 5) is 14.5. The Balaban J connectivity index is 1.80. The monoisotopic (exact) mass is 408 g/mol. The maximum atomic E-state index is 13.3. The van der Waals surface area contributed by atoms with Crippen LogP contribution in [0.4, 0.5) is 4.79 Å². The van der Waals surface area contributed by atoms with E-state index in [1.807, 2.05) is 39.8 Å². The zero-order valence-corrected chi connectivity index (χ0v) is 18.3. The molecule has 28 heavy (non-hydrogen) atoms. The van der Waals surface area contributed by atoms with Gasteiger partial charge in [0.2, 0.25) is 10.0 Å². The van der Waals surface area contributed by atoms with Gasteiger partial charge < -0.3 is 9.64 Å². The van der Waals surface area contributed by atoms with Crippen LogP contribution in [0.15, 0.2) is 29.2 Å². The first kappa shape index (κ1) is 21.1. The van der Waals surface area contributed by atoms with Crippen LogP contribution in [0.2, 0.25) is 0 Å². The van der Waals surface area contributed by atoms with E-state index < -0.39 is 15.6 Å². The lowest BCUT2D eigenvalue weighted by Gasteiger charge is -2.49. The normalized spacial score (nSPS) is 26.0. The maximum absolute atomic E-state index is 13.3. The van der Waals surface area contributed by atoms with Gasteiger partial charge in [-0.25, -0.2) is 13.2 Å². The predicted molar refractivity (Wildman–Crippen MR) is 109 cm³/mol. The van der Waals surface area contributed by atoms with Crippen LogP contribution >= 0.6 is 0 Å². The summed E-state index contributed by atoms with van der Waals surface area (Å²) >= 11 is 0. The second-order valence-corrected chi connectivity index (χ2v) is 10.9. The number of piperidine rings is 2. The average Bonchev–Trinajstić information content (AvgIpc) is 2.58. The Morgan fingerprint density at radius 2 is 1.64 bits per heavy atom. The van der Waals surface area contributed by atoms with E-state index in [1.165, 1.54) is 0 Å². The largest absolute Gasteiger partial charge is 0.444 e. The molecule has 2 fully saturated rings. The Kier molecular flexibility index (Phi) is 5.79.